The maximum absolute atomic E-state index is 12.8. The zero-order valence-electron chi connectivity index (χ0n) is 16.4. The number of Topliss-reactive ketones (excluding diaryl/α,β-unsaturated/α-hetero) is 1. The summed E-state index contributed by atoms with van der Waals surface area (Å²) in [6.45, 7) is 1.77. The molecular formula is C21H21NO6. The predicted molar refractivity (Wildman–Crippen MR) is 103 cm³/mol. The number of benzene rings is 2. The van der Waals surface area contributed by atoms with Crippen LogP contribution in [-0.4, -0.2) is 45.1 Å². The summed E-state index contributed by atoms with van der Waals surface area (Å²) in [7, 11) is 6.28. The molecule has 0 aromatic heterocycles. The number of hydrogen-bond donors (Lipinski definition) is 0. The summed E-state index contributed by atoms with van der Waals surface area (Å²) in [5.41, 5.74) is 1.85. The normalized spacial score (nSPS) is 13.8. The van der Waals surface area contributed by atoms with E-state index in [0.717, 1.165) is 5.56 Å². The van der Waals surface area contributed by atoms with Crippen LogP contribution in [0.2, 0.25) is 0 Å². The lowest BCUT2D eigenvalue weighted by Crippen LogP contribution is -2.25. The molecule has 0 atom stereocenters. The van der Waals surface area contributed by atoms with Crippen LogP contribution in [0.25, 0.3) is 6.08 Å². The highest BCUT2D eigenvalue weighted by Gasteiger charge is 2.30. The highest BCUT2D eigenvalue weighted by Crippen LogP contribution is 2.38. The van der Waals surface area contributed by atoms with Gasteiger partial charge in [0.15, 0.2) is 17.3 Å². The van der Waals surface area contributed by atoms with E-state index in [1.807, 2.05) is 0 Å². The Morgan fingerprint density at radius 3 is 2.43 bits per heavy atom. The molecule has 1 aliphatic heterocycles. The number of methoxy groups -OCH3 is 2. The van der Waals surface area contributed by atoms with Gasteiger partial charge in [0.1, 0.15) is 11.5 Å². The zero-order chi connectivity index (χ0) is 20.4. The maximum Gasteiger partial charge on any atom is 0.414 e. The molecule has 1 heterocycles. The van der Waals surface area contributed by atoms with Gasteiger partial charge in [-0.15, -0.1) is 0 Å². The minimum atomic E-state index is -0.509. The van der Waals surface area contributed by atoms with Crippen molar-refractivity contribution in [1.82, 2.24) is 4.90 Å². The van der Waals surface area contributed by atoms with E-state index < -0.39 is 6.09 Å². The summed E-state index contributed by atoms with van der Waals surface area (Å²) in [4.78, 5) is 25.9. The molecule has 0 fully saturated rings. The van der Waals surface area contributed by atoms with Crippen molar-refractivity contribution in [1.29, 1.82) is 0 Å². The van der Waals surface area contributed by atoms with Crippen LogP contribution in [0, 0.1) is 6.92 Å². The fraction of sp³-hybridized carbons (Fsp3) is 0.238. The second-order valence-electron chi connectivity index (χ2n) is 6.43. The minimum Gasteiger partial charge on any atom is -0.493 e. The molecule has 7 heteroatoms. The van der Waals surface area contributed by atoms with Crippen LogP contribution in [0.4, 0.5) is 4.79 Å². The summed E-state index contributed by atoms with van der Waals surface area (Å²) in [5, 5.41) is 0. The molecule has 2 aromatic carbocycles. The summed E-state index contributed by atoms with van der Waals surface area (Å²) in [5.74, 6) is 1.77. The average Bonchev–Trinajstić information content (AvgIpc) is 2.97. The van der Waals surface area contributed by atoms with Crippen LogP contribution in [0.1, 0.15) is 21.5 Å². The third-order valence-electron chi connectivity index (χ3n) is 4.22. The van der Waals surface area contributed by atoms with Gasteiger partial charge in [0.05, 0.1) is 19.8 Å². The molecule has 2 aromatic rings. The van der Waals surface area contributed by atoms with Gasteiger partial charge in [0.2, 0.25) is 5.78 Å². The number of carbonyl (C=O) groups excluding carboxylic acids is 2. The van der Waals surface area contributed by atoms with Gasteiger partial charge < -0.3 is 23.8 Å². The summed E-state index contributed by atoms with van der Waals surface area (Å²) >= 11 is 0. The molecule has 146 valence electrons. The second kappa shape index (κ2) is 7.64. The lowest BCUT2D eigenvalue weighted by molar-refractivity contribution is 0.101. The number of amides is 1. The third kappa shape index (κ3) is 3.64. The third-order valence-corrected chi connectivity index (χ3v) is 4.22. The van der Waals surface area contributed by atoms with Crippen molar-refractivity contribution in [3.05, 3.63) is 52.8 Å². The van der Waals surface area contributed by atoms with E-state index in [-0.39, 0.29) is 11.5 Å². The van der Waals surface area contributed by atoms with Crippen LogP contribution in [-0.2, 0) is 0 Å². The van der Waals surface area contributed by atoms with Gasteiger partial charge in [0.25, 0.3) is 0 Å². The number of ether oxygens (including phenoxy) is 4. The molecule has 7 nitrogen and oxygen atoms in total. The Morgan fingerprint density at radius 2 is 1.79 bits per heavy atom. The molecule has 28 heavy (non-hydrogen) atoms. The number of hydrogen-bond acceptors (Lipinski definition) is 6. The molecule has 0 aliphatic carbocycles. The molecule has 0 spiro atoms. The minimum absolute atomic E-state index is 0.182. The van der Waals surface area contributed by atoms with Crippen LogP contribution in [0.3, 0.4) is 0 Å². The van der Waals surface area contributed by atoms with Crippen molar-refractivity contribution >= 4 is 18.0 Å². The van der Waals surface area contributed by atoms with Gasteiger partial charge in [-0.3, -0.25) is 4.79 Å². The van der Waals surface area contributed by atoms with Gasteiger partial charge >= 0.3 is 6.09 Å². The van der Waals surface area contributed by atoms with Crippen LogP contribution in [0.5, 0.6) is 23.0 Å². The molecule has 0 bridgehead atoms. The number of ketones is 1. The van der Waals surface area contributed by atoms with Crippen LogP contribution >= 0.6 is 0 Å². The van der Waals surface area contributed by atoms with Gasteiger partial charge in [-0.2, -0.15) is 0 Å². The molecule has 0 saturated heterocycles. The van der Waals surface area contributed by atoms with E-state index in [1.165, 1.54) is 11.0 Å². The number of aryl methyl sites for hydroxylation is 1. The Balaban J connectivity index is 1.92. The fourth-order valence-electron chi connectivity index (χ4n) is 2.82. The second-order valence-corrected chi connectivity index (χ2v) is 6.43. The van der Waals surface area contributed by atoms with E-state index in [0.29, 0.717) is 34.1 Å². The summed E-state index contributed by atoms with van der Waals surface area (Å²) in [6.07, 6.45) is 1.12. The molecule has 3 rings (SSSR count). The first-order valence-electron chi connectivity index (χ1n) is 8.54. The van der Waals surface area contributed by atoms with Crippen LogP contribution < -0.4 is 18.9 Å². The van der Waals surface area contributed by atoms with E-state index in [2.05, 4.69) is 0 Å². The van der Waals surface area contributed by atoms with E-state index in [1.54, 1.807) is 65.6 Å². The Morgan fingerprint density at radius 1 is 1.07 bits per heavy atom. The van der Waals surface area contributed by atoms with Crippen molar-refractivity contribution in [2.45, 2.75) is 6.92 Å². The molecule has 0 radical (unpaired) electrons. The summed E-state index contributed by atoms with van der Waals surface area (Å²) < 4.78 is 21.5. The van der Waals surface area contributed by atoms with Crippen molar-refractivity contribution in [3.8, 4) is 23.0 Å². The Labute approximate surface area is 163 Å². The van der Waals surface area contributed by atoms with E-state index in [9.17, 15) is 9.59 Å². The molecular weight excluding hydrogens is 362 g/mol. The first-order chi connectivity index (χ1) is 13.3. The Kier molecular flexibility index (Phi) is 5.26. The standard InChI is InChI=1S/C21H21NO6/c1-12-8-14(27-21(24)22(2)3)11-17-19(12)20(23)18(28-17)10-13-6-7-15(25-4)16(9-13)26-5/h6-11H,1-5H3/b18-10-. The lowest BCUT2D eigenvalue weighted by atomic mass is 10.0. The molecule has 0 saturated carbocycles. The van der Waals surface area contributed by atoms with Crippen LogP contribution in [0.15, 0.2) is 36.1 Å². The number of carbonyl (C=O) groups is 2. The topological polar surface area (TPSA) is 74.3 Å². The lowest BCUT2D eigenvalue weighted by Gasteiger charge is -2.12. The molecule has 1 amide bonds. The fourth-order valence-corrected chi connectivity index (χ4v) is 2.82. The molecule has 1 aliphatic rings. The van der Waals surface area contributed by atoms with Crippen molar-refractivity contribution < 1.29 is 28.5 Å². The first-order valence-corrected chi connectivity index (χ1v) is 8.54. The first kappa shape index (κ1) is 19.3. The largest absolute Gasteiger partial charge is 0.493 e. The van der Waals surface area contributed by atoms with Gasteiger partial charge in [-0.1, -0.05) is 6.07 Å². The zero-order valence-corrected chi connectivity index (χ0v) is 16.4. The van der Waals surface area contributed by atoms with E-state index in [4.69, 9.17) is 18.9 Å². The Bertz CT molecular complexity index is 977. The monoisotopic (exact) mass is 383 g/mol. The highest BCUT2D eigenvalue weighted by atomic mass is 16.6. The highest BCUT2D eigenvalue weighted by molar-refractivity contribution is 6.15. The van der Waals surface area contributed by atoms with E-state index >= 15 is 0 Å². The molecule has 0 unspecified atom stereocenters. The maximum atomic E-state index is 12.8. The van der Waals surface area contributed by atoms with Crippen molar-refractivity contribution in [2.75, 3.05) is 28.3 Å². The summed E-state index contributed by atoms with van der Waals surface area (Å²) in [6, 6.07) is 8.48. The van der Waals surface area contributed by atoms with Crippen molar-refractivity contribution in [2.24, 2.45) is 0 Å². The number of allylic oxidation sites excluding steroid dienone is 1. The van der Waals surface area contributed by atoms with Gasteiger partial charge in [-0.25, -0.2) is 4.79 Å². The van der Waals surface area contributed by atoms with Gasteiger partial charge in [-0.05, 0) is 42.3 Å². The molecule has 0 N–H and O–H groups in total. The Hall–Kier alpha value is -3.48. The van der Waals surface area contributed by atoms with Gasteiger partial charge in [0, 0.05) is 20.2 Å². The quantitative estimate of drug-likeness (QED) is 0.750. The number of fused-ring (bicyclic) bond motifs is 1. The SMILES string of the molecule is COc1ccc(/C=C2\Oc3cc(OC(=O)N(C)C)cc(C)c3C2=O)cc1OC. The smallest absolute Gasteiger partial charge is 0.414 e. The number of rotatable bonds is 4. The average molecular weight is 383 g/mol. The van der Waals surface area contributed by atoms with Crippen molar-refractivity contribution in [3.63, 3.8) is 0 Å². The number of nitrogens with zero attached hydrogens (tertiary/aromatic N) is 1. The predicted octanol–water partition coefficient (Wildman–Crippen LogP) is 3.69.